The van der Waals surface area contributed by atoms with E-state index in [1.807, 2.05) is 12.1 Å². The molecule has 0 unspecified atom stereocenters. The Kier molecular flexibility index (Phi) is 4.80. The van der Waals surface area contributed by atoms with Gasteiger partial charge in [0.25, 0.3) is 0 Å². The van der Waals surface area contributed by atoms with Crippen LogP contribution in [0.15, 0.2) is 29.4 Å². The first kappa shape index (κ1) is 12.8. The number of rotatable bonds is 5. The van der Waals surface area contributed by atoms with Crippen molar-refractivity contribution in [3.8, 4) is 0 Å². The number of amidine groups is 1. The third kappa shape index (κ3) is 4.87. The molecule has 0 aliphatic heterocycles. The molecule has 0 saturated carbocycles. The van der Waals surface area contributed by atoms with Gasteiger partial charge in [-0.15, -0.1) is 0 Å². The Hall–Kier alpha value is -2.24. The first-order valence-corrected chi connectivity index (χ1v) is 5.19. The van der Waals surface area contributed by atoms with E-state index in [1.165, 1.54) is 6.92 Å². The summed E-state index contributed by atoms with van der Waals surface area (Å²) < 4.78 is 0. The highest BCUT2D eigenvalue weighted by molar-refractivity contribution is 5.88. The largest absolute Gasteiger partial charge is 0.409 e. The minimum atomic E-state index is -0.0994. The molecule has 0 saturated heterocycles. The average molecular weight is 236 g/mol. The fourth-order valence-electron chi connectivity index (χ4n) is 1.26. The molecule has 0 atom stereocenters. The van der Waals surface area contributed by atoms with Gasteiger partial charge in [0.2, 0.25) is 5.91 Å². The summed E-state index contributed by atoms with van der Waals surface area (Å²) in [5, 5.41) is 17.0. The van der Waals surface area contributed by atoms with E-state index in [-0.39, 0.29) is 11.7 Å². The van der Waals surface area contributed by atoms with Crippen LogP contribution in [0.3, 0.4) is 0 Å². The van der Waals surface area contributed by atoms with Crippen LogP contribution < -0.4 is 16.4 Å². The van der Waals surface area contributed by atoms with E-state index in [0.717, 1.165) is 11.4 Å². The number of nitrogens with one attached hydrogen (secondary N) is 2. The minimum absolute atomic E-state index is 0.0994. The zero-order valence-electron chi connectivity index (χ0n) is 9.60. The van der Waals surface area contributed by atoms with Gasteiger partial charge in [0.05, 0.1) is 0 Å². The Labute approximate surface area is 99.5 Å². The quantitative estimate of drug-likeness (QED) is 0.267. The van der Waals surface area contributed by atoms with Gasteiger partial charge < -0.3 is 21.6 Å². The molecule has 92 valence electrons. The summed E-state index contributed by atoms with van der Waals surface area (Å²) in [4.78, 5) is 10.8. The fourth-order valence-corrected chi connectivity index (χ4v) is 1.26. The normalized spacial score (nSPS) is 11.0. The molecule has 0 aliphatic carbocycles. The Morgan fingerprint density at radius 1 is 1.35 bits per heavy atom. The molecule has 0 spiro atoms. The molecule has 1 rings (SSSR count). The maximum atomic E-state index is 10.8. The minimum Gasteiger partial charge on any atom is -0.409 e. The molecule has 6 heteroatoms. The lowest BCUT2D eigenvalue weighted by molar-refractivity contribution is -0.114. The van der Waals surface area contributed by atoms with Gasteiger partial charge in [0.15, 0.2) is 0 Å². The third-order valence-corrected chi connectivity index (χ3v) is 2.04. The van der Waals surface area contributed by atoms with Crippen molar-refractivity contribution in [2.75, 3.05) is 17.2 Å². The molecule has 6 nitrogen and oxygen atoms in total. The van der Waals surface area contributed by atoms with Crippen LogP contribution in [-0.4, -0.2) is 23.5 Å². The van der Waals surface area contributed by atoms with Crippen molar-refractivity contribution in [2.45, 2.75) is 13.3 Å². The summed E-state index contributed by atoms with van der Waals surface area (Å²) in [6, 6.07) is 7.29. The predicted molar refractivity (Wildman–Crippen MR) is 67.3 cm³/mol. The molecule has 17 heavy (non-hydrogen) atoms. The van der Waals surface area contributed by atoms with Crippen molar-refractivity contribution in [3.05, 3.63) is 24.3 Å². The van der Waals surface area contributed by atoms with Crippen LogP contribution >= 0.6 is 0 Å². The molecule has 0 fully saturated rings. The molecule has 0 aromatic heterocycles. The second kappa shape index (κ2) is 6.37. The van der Waals surface area contributed by atoms with E-state index in [9.17, 15) is 4.79 Å². The highest BCUT2D eigenvalue weighted by atomic mass is 16.4. The number of oxime groups is 1. The number of hydrogen-bond acceptors (Lipinski definition) is 4. The second-order valence-corrected chi connectivity index (χ2v) is 3.53. The van der Waals surface area contributed by atoms with Crippen LogP contribution in [0.1, 0.15) is 13.3 Å². The predicted octanol–water partition coefficient (Wildman–Crippen LogP) is 1.19. The lowest BCUT2D eigenvalue weighted by atomic mass is 10.2. The Morgan fingerprint density at radius 2 is 1.94 bits per heavy atom. The van der Waals surface area contributed by atoms with Crippen molar-refractivity contribution in [3.63, 3.8) is 0 Å². The topological polar surface area (TPSA) is 99.7 Å². The number of nitrogens with zero attached hydrogens (tertiary/aromatic N) is 1. The number of amides is 1. The second-order valence-electron chi connectivity index (χ2n) is 3.53. The Morgan fingerprint density at radius 3 is 2.47 bits per heavy atom. The highest BCUT2D eigenvalue weighted by Crippen LogP contribution is 2.13. The van der Waals surface area contributed by atoms with Crippen LogP contribution in [0.5, 0.6) is 0 Å². The summed E-state index contributed by atoms with van der Waals surface area (Å²) >= 11 is 0. The summed E-state index contributed by atoms with van der Waals surface area (Å²) in [5.41, 5.74) is 6.99. The molecule has 0 heterocycles. The monoisotopic (exact) mass is 236 g/mol. The van der Waals surface area contributed by atoms with Crippen molar-refractivity contribution >= 4 is 23.1 Å². The average Bonchev–Trinajstić information content (AvgIpc) is 2.30. The van der Waals surface area contributed by atoms with E-state index in [1.54, 1.807) is 12.1 Å². The molecule has 0 bridgehead atoms. The van der Waals surface area contributed by atoms with Crippen LogP contribution in [-0.2, 0) is 4.79 Å². The maximum Gasteiger partial charge on any atom is 0.221 e. The van der Waals surface area contributed by atoms with Crippen molar-refractivity contribution < 1.29 is 10.0 Å². The van der Waals surface area contributed by atoms with Gasteiger partial charge in [-0.2, -0.15) is 0 Å². The number of carbonyl (C=O) groups excluding carboxylic acids is 1. The van der Waals surface area contributed by atoms with E-state index in [4.69, 9.17) is 10.9 Å². The lowest BCUT2D eigenvalue weighted by Crippen LogP contribution is -2.16. The van der Waals surface area contributed by atoms with Gasteiger partial charge in [-0.3, -0.25) is 4.79 Å². The van der Waals surface area contributed by atoms with Gasteiger partial charge >= 0.3 is 0 Å². The SMILES string of the molecule is CC(=O)Nc1ccc(NCCC(N)=NO)cc1. The number of nitrogens with two attached hydrogens (primary N) is 1. The van der Waals surface area contributed by atoms with Gasteiger partial charge in [-0.1, -0.05) is 5.16 Å². The molecule has 5 N–H and O–H groups in total. The molecule has 1 aromatic carbocycles. The van der Waals surface area contributed by atoms with Crippen LogP contribution in [0, 0.1) is 0 Å². The zero-order chi connectivity index (χ0) is 12.7. The summed E-state index contributed by atoms with van der Waals surface area (Å²) in [6.07, 6.45) is 0.462. The van der Waals surface area contributed by atoms with E-state index < -0.39 is 0 Å². The zero-order valence-corrected chi connectivity index (χ0v) is 9.60. The molecule has 0 aliphatic rings. The molecule has 0 radical (unpaired) electrons. The molecular formula is C11H16N4O2. The number of carbonyl (C=O) groups is 1. The highest BCUT2D eigenvalue weighted by Gasteiger charge is 1.97. The summed E-state index contributed by atoms with van der Waals surface area (Å²) in [5.74, 6) is 0.0880. The van der Waals surface area contributed by atoms with Gasteiger partial charge in [-0.05, 0) is 24.3 Å². The molecular weight excluding hydrogens is 220 g/mol. The van der Waals surface area contributed by atoms with Crippen molar-refractivity contribution in [1.29, 1.82) is 0 Å². The van der Waals surface area contributed by atoms with Crippen molar-refractivity contribution in [2.24, 2.45) is 10.9 Å². The molecule has 1 aromatic rings. The lowest BCUT2D eigenvalue weighted by Gasteiger charge is -2.07. The molecule has 1 amide bonds. The standard InChI is InChI=1S/C11H16N4O2/c1-8(16)14-10-4-2-9(3-5-10)13-7-6-11(12)15-17/h2-5,13,17H,6-7H2,1H3,(H2,12,15)(H,14,16). The van der Waals surface area contributed by atoms with Gasteiger partial charge in [0.1, 0.15) is 5.84 Å². The third-order valence-electron chi connectivity index (χ3n) is 2.04. The first-order chi connectivity index (χ1) is 8.11. The first-order valence-electron chi connectivity index (χ1n) is 5.19. The number of anilines is 2. The van der Waals surface area contributed by atoms with Crippen molar-refractivity contribution in [1.82, 2.24) is 0 Å². The number of hydrogen-bond donors (Lipinski definition) is 4. The van der Waals surface area contributed by atoms with Crippen LogP contribution in [0.4, 0.5) is 11.4 Å². The van der Waals surface area contributed by atoms with E-state index in [0.29, 0.717) is 13.0 Å². The summed E-state index contributed by atoms with van der Waals surface area (Å²) in [6.45, 7) is 2.04. The smallest absolute Gasteiger partial charge is 0.221 e. The van der Waals surface area contributed by atoms with E-state index >= 15 is 0 Å². The van der Waals surface area contributed by atoms with Crippen LogP contribution in [0.2, 0.25) is 0 Å². The Bertz CT molecular complexity index is 400. The van der Waals surface area contributed by atoms with E-state index in [2.05, 4.69) is 15.8 Å². The number of benzene rings is 1. The maximum absolute atomic E-state index is 10.8. The van der Waals surface area contributed by atoms with Crippen LogP contribution in [0.25, 0.3) is 0 Å². The van der Waals surface area contributed by atoms with Gasteiger partial charge in [0, 0.05) is 31.3 Å². The van der Waals surface area contributed by atoms with Gasteiger partial charge in [-0.25, -0.2) is 0 Å². The summed E-state index contributed by atoms with van der Waals surface area (Å²) in [7, 11) is 0. The fraction of sp³-hybridized carbons (Fsp3) is 0.273. The Balaban J connectivity index is 2.43.